The van der Waals surface area contributed by atoms with Crippen LogP contribution >= 0.6 is 0 Å². The molecule has 7 atom stereocenters. The number of carbonyl (C=O) groups excluding carboxylic acids is 3. The van der Waals surface area contributed by atoms with E-state index in [1.807, 2.05) is 48.5 Å². The minimum Gasteiger partial charge on any atom is -0.744 e. The molecule has 0 aromatic heterocycles. The minimum atomic E-state index is -5.99. The number of halogens is 4. The highest BCUT2D eigenvalue weighted by atomic mass is 32.2. The molecule has 3 aromatic carbocycles. The van der Waals surface area contributed by atoms with E-state index in [0.717, 1.165) is 22.3 Å². The van der Waals surface area contributed by atoms with Crippen molar-refractivity contribution in [3.63, 3.8) is 0 Å². The highest BCUT2D eigenvalue weighted by molar-refractivity contribution is 7.85. The lowest BCUT2D eigenvalue weighted by molar-refractivity contribution is -0.169. The van der Waals surface area contributed by atoms with Crippen LogP contribution in [0.5, 0.6) is 5.75 Å². The van der Waals surface area contributed by atoms with Crippen LogP contribution in [0.25, 0.3) is 0 Å². The topological polar surface area (TPSA) is 136 Å². The van der Waals surface area contributed by atoms with E-state index in [1.54, 1.807) is 0 Å². The average Bonchev–Trinajstić information content (AvgIpc) is 3.65. The van der Waals surface area contributed by atoms with Crippen LogP contribution in [0, 0.1) is 52.9 Å². The molecular formula is C32H21F4O9S-. The molecule has 0 amide bonds. The molecule has 2 saturated carbocycles. The van der Waals surface area contributed by atoms with Gasteiger partial charge in [-0.15, -0.1) is 0 Å². The first-order chi connectivity index (χ1) is 21.9. The van der Waals surface area contributed by atoms with E-state index in [1.165, 1.54) is 0 Å². The highest BCUT2D eigenvalue weighted by Crippen LogP contribution is 2.60. The van der Waals surface area contributed by atoms with Gasteiger partial charge >= 0.3 is 17.9 Å². The van der Waals surface area contributed by atoms with Gasteiger partial charge < -0.3 is 18.8 Å². The summed E-state index contributed by atoms with van der Waals surface area (Å²) in [7, 11) is -5.99. The SMILES string of the molecule is O=C(OC1C2CC3C1OC(=O)C3C2C(=O)Oc1c(F)c(F)c(S(=O)(=O)[O-])c(F)c1F)C1CC2c3ccccc3C1c1ccccc12. The Hall–Kier alpha value is -4.30. The number of carbonyl (C=O) groups is 3. The molecule has 5 aliphatic carbocycles. The Kier molecular flexibility index (Phi) is 6.24. The van der Waals surface area contributed by atoms with Crippen molar-refractivity contribution in [2.24, 2.45) is 29.6 Å². The molecule has 3 fully saturated rings. The molecule has 0 spiro atoms. The standard InChI is InChI=1S/C32H22F4O9S/c33-22-24(35)29(46(40,41)42)25(36)23(34)28(22)45-32(39)21-16-10-17-20(21)31(38)44-27(17)26(16)43-30(37)18-9-15-11-5-1-3-7-13(11)19(18)14-8-4-2-6-12(14)15/h1-8,15-21,26-27H,9-10H2,(H,40,41,42)/p-1. The third-order valence-electron chi connectivity index (χ3n) is 10.3. The molecule has 0 radical (unpaired) electrons. The molecule has 4 bridgehead atoms. The smallest absolute Gasteiger partial charge is 0.315 e. The largest absolute Gasteiger partial charge is 0.744 e. The second-order valence-corrected chi connectivity index (χ2v) is 13.7. The molecule has 3 aromatic rings. The molecule has 46 heavy (non-hydrogen) atoms. The third-order valence-corrected chi connectivity index (χ3v) is 11.2. The zero-order valence-electron chi connectivity index (χ0n) is 23.3. The van der Waals surface area contributed by atoms with E-state index in [4.69, 9.17) is 14.2 Å². The minimum absolute atomic E-state index is 0.0556. The average molecular weight is 658 g/mol. The molecule has 7 unspecified atom stereocenters. The predicted molar refractivity (Wildman–Crippen MR) is 143 cm³/mol. The fourth-order valence-electron chi connectivity index (χ4n) is 8.63. The molecule has 6 aliphatic rings. The zero-order chi connectivity index (χ0) is 32.4. The van der Waals surface area contributed by atoms with Gasteiger partial charge in [-0.2, -0.15) is 8.78 Å². The molecule has 14 heteroatoms. The Morgan fingerprint density at radius 3 is 1.93 bits per heavy atom. The normalized spacial score (nSPS) is 31.3. The van der Waals surface area contributed by atoms with Gasteiger partial charge in [-0.05, 0) is 35.1 Å². The maximum Gasteiger partial charge on any atom is 0.315 e. The molecule has 1 aliphatic heterocycles. The number of benzene rings is 3. The van der Waals surface area contributed by atoms with Gasteiger partial charge in [0.05, 0.1) is 17.8 Å². The summed E-state index contributed by atoms with van der Waals surface area (Å²) in [5.74, 6) is -19.8. The Labute approximate surface area is 258 Å². The first kappa shape index (κ1) is 29.1. The number of hydrogen-bond donors (Lipinski definition) is 0. The van der Waals surface area contributed by atoms with Crippen LogP contribution in [-0.2, 0) is 34.0 Å². The lowest BCUT2D eigenvalue weighted by Crippen LogP contribution is -2.46. The molecular weight excluding hydrogens is 636 g/mol. The van der Waals surface area contributed by atoms with Crippen molar-refractivity contribution in [3.8, 4) is 5.75 Å². The number of rotatable bonds is 5. The number of esters is 3. The number of fused-ring (bicyclic) bond motifs is 2. The summed E-state index contributed by atoms with van der Waals surface area (Å²) >= 11 is 0. The number of ether oxygens (including phenoxy) is 3. The first-order valence-electron chi connectivity index (χ1n) is 14.5. The van der Waals surface area contributed by atoms with Crippen LogP contribution in [0.3, 0.4) is 0 Å². The summed E-state index contributed by atoms with van der Waals surface area (Å²) in [6.45, 7) is 0. The maximum absolute atomic E-state index is 14.6. The summed E-state index contributed by atoms with van der Waals surface area (Å²) in [6, 6.07) is 15.7. The quantitative estimate of drug-likeness (QED) is 0.131. The molecule has 238 valence electrons. The van der Waals surface area contributed by atoms with Crippen LogP contribution in [0.4, 0.5) is 17.6 Å². The van der Waals surface area contributed by atoms with Crippen molar-refractivity contribution in [2.75, 3.05) is 0 Å². The van der Waals surface area contributed by atoms with Gasteiger partial charge in [-0.25, -0.2) is 17.2 Å². The summed E-state index contributed by atoms with van der Waals surface area (Å²) in [6.07, 6.45) is -1.37. The fraction of sp³-hybridized carbons (Fsp3) is 0.344. The Bertz CT molecular complexity index is 1920. The second kappa shape index (κ2) is 9.85. The van der Waals surface area contributed by atoms with E-state index in [-0.39, 0.29) is 18.3 Å². The van der Waals surface area contributed by atoms with Crippen molar-refractivity contribution >= 4 is 28.0 Å². The highest BCUT2D eigenvalue weighted by Gasteiger charge is 2.70. The van der Waals surface area contributed by atoms with Gasteiger partial charge in [0.15, 0.2) is 11.6 Å². The van der Waals surface area contributed by atoms with Crippen molar-refractivity contribution in [3.05, 3.63) is 94.1 Å². The third kappa shape index (κ3) is 3.89. The Balaban J connectivity index is 1.08. The van der Waals surface area contributed by atoms with E-state index < -0.39 is 104 Å². The summed E-state index contributed by atoms with van der Waals surface area (Å²) in [5.41, 5.74) is 4.25. The zero-order valence-corrected chi connectivity index (χ0v) is 24.1. The van der Waals surface area contributed by atoms with Gasteiger partial charge in [-0.1, -0.05) is 48.5 Å². The Morgan fingerprint density at radius 2 is 1.37 bits per heavy atom. The number of hydrogen-bond acceptors (Lipinski definition) is 9. The monoisotopic (exact) mass is 657 g/mol. The molecule has 1 saturated heterocycles. The first-order valence-corrected chi connectivity index (χ1v) is 15.9. The van der Waals surface area contributed by atoms with Crippen molar-refractivity contribution in [2.45, 2.75) is 41.8 Å². The van der Waals surface area contributed by atoms with E-state index in [2.05, 4.69) is 0 Å². The van der Waals surface area contributed by atoms with Crippen LogP contribution in [0.2, 0.25) is 0 Å². The second-order valence-electron chi connectivity index (χ2n) is 12.3. The van der Waals surface area contributed by atoms with Gasteiger partial charge in [-0.3, -0.25) is 14.4 Å². The molecule has 1 heterocycles. The maximum atomic E-state index is 14.6. The van der Waals surface area contributed by atoms with Crippen LogP contribution < -0.4 is 4.74 Å². The van der Waals surface area contributed by atoms with E-state index in [9.17, 15) is 44.9 Å². The molecule has 9 rings (SSSR count). The lowest BCUT2D eigenvalue weighted by atomic mass is 9.59. The van der Waals surface area contributed by atoms with Crippen LogP contribution in [0.1, 0.15) is 46.9 Å². The predicted octanol–water partition coefficient (Wildman–Crippen LogP) is 4.07. The van der Waals surface area contributed by atoms with Crippen LogP contribution in [-0.4, -0.2) is 43.1 Å². The summed E-state index contributed by atoms with van der Waals surface area (Å²) in [4.78, 5) is 37.7. The van der Waals surface area contributed by atoms with Gasteiger partial charge in [0.25, 0.3) is 0 Å². The van der Waals surface area contributed by atoms with Crippen molar-refractivity contribution in [1.29, 1.82) is 0 Å². The van der Waals surface area contributed by atoms with Crippen molar-refractivity contribution < 1.29 is 59.1 Å². The van der Waals surface area contributed by atoms with Crippen LogP contribution in [0.15, 0.2) is 53.4 Å². The molecule has 9 nitrogen and oxygen atoms in total. The van der Waals surface area contributed by atoms with Gasteiger partial charge in [0.1, 0.15) is 27.2 Å². The fourth-order valence-corrected chi connectivity index (χ4v) is 9.25. The molecule has 0 N–H and O–H groups in total. The van der Waals surface area contributed by atoms with Crippen molar-refractivity contribution in [1.82, 2.24) is 0 Å². The summed E-state index contributed by atoms with van der Waals surface area (Å²) in [5, 5.41) is 0. The van der Waals surface area contributed by atoms with Gasteiger partial charge in [0.2, 0.25) is 17.4 Å². The Morgan fingerprint density at radius 1 is 0.804 bits per heavy atom. The van der Waals surface area contributed by atoms with E-state index in [0.29, 0.717) is 6.42 Å². The van der Waals surface area contributed by atoms with E-state index >= 15 is 0 Å². The lowest BCUT2D eigenvalue weighted by Gasteiger charge is -2.45. The van der Waals surface area contributed by atoms with Gasteiger partial charge in [0, 0.05) is 23.7 Å². The summed E-state index contributed by atoms with van der Waals surface area (Å²) < 4.78 is 108.